The first kappa shape index (κ1) is 21.1. The Hall–Kier alpha value is -2.59. The van der Waals surface area contributed by atoms with E-state index in [4.69, 9.17) is 11.6 Å². The summed E-state index contributed by atoms with van der Waals surface area (Å²) in [6.07, 6.45) is 1.69. The van der Waals surface area contributed by atoms with Crippen molar-refractivity contribution in [3.05, 3.63) is 75.8 Å². The van der Waals surface area contributed by atoms with E-state index in [1.807, 2.05) is 31.2 Å². The van der Waals surface area contributed by atoms with Crippen molar-refractivity contribution in [1.82, 2.24) is 4.90 Å². The monoisotopic (exact) mass is 411 g/mol. The quantitative estimate of drug-likeness (QED) is 0.377. The summed E-state index contributed by atoms with van der Waals surface area (Å²) >= 11 is 5.95. The molecule has 3 rings (SSSR count). The molecule has 0 radical (unpaired) electrons. The molecule has 5 heteroatoms. The zero-order chi connectivity index (χ0) is 21.1. The first-order valence-corrected chi connectivity index (χ1v) is 10.4. The van der Waals surface area contributed by atoms with Crippen LogP contribution in [0.3, 0.4) is 0 Å². The van der Waals surface area contributed by atoms with Crippen LogP contribution in [0.25, 0.3) is 5.76 Å². The van der Waals surface area contributed by atoms with Gasteiger partial charge >= 0.3 is 0 Å². The van der Waals surface area contributed by atoms with E-state index < -0.39 is 17.7 Å². The third-order valence-corrected chi connectivity index (χ3v) is 5.58. The normalized spacial score (nSPS) is 18.7. The molecule has 1 fully saturated rings. The highest BCUT2D eigenvalue weighted by Gasteiger charge is 2.45. The van der Waals surface area contributed by atoms with Gasteiger partial charge < -0.3 is 10.0 Å². The van der Waals surface area contributed by atoms with Crippen molar-refractivity contribution >= 4 is 29.1 Å². The number of ketones is 1. The number of hydrogen-bond donors (Lipinski definition) is 1. The third-order valence-electron chi connectivity index (χ3n) is 5.33. The zero-order valence-electron chi connectivity index (χ0n) is 17.0. The summed E-state index contributed by atoms with van der Waals surface area (Å²) in [5.74, 6) is -1.00. The van der Waals surface area contributed by atoms with Crippen LogP contribution in [-0.4, -0.2) is 28.2 Å². The van der Waals surface area contributed by atoms with Gasteiger partial charge in [-0.05, 0) is 47.7 Å². The maximum absolute atomic E-state index is 12.9. The van der Waals surface area contributed by atoms with Gasteiger partial charge in [0.1, 0.15) is 5.76 Å². The summed E-state index contributed by atoms with van der Waals surface area (Å²) in [7, 11) is 0. The zero-order valence-corrected chi connectivity index (χ0v) is 17.7. The van der Waals surface area contributed by atoms with Crippen LogP contribution >= 0.6 is 11.6 Å². The van der Waals surface area contributed by atoms with Gasteiger partial charge in [0.25, 0.3) is 11.7 Å². The number of halogens is 1. The number of aliphatic hydroxyl groups is 1. The third kappa shape index (κ3) is 4.23. The van der Waals surface area contributed by atoms with E-state index in [0.29, 0.717) is 23.0 Å². The standard InChI is InChI=1S/C24H26ClNO3/c1-4-5-14-26-21(17-8-6-16(7-9-17)15(2)3)20(23(28)24(26)29)22(27)18-10-12-19(25)13-11-18/h6-13,15,21,27H,4-5,14H2,1-3H3/b22-20-. The Kier molecular flexibility index (Phi) is 6.43. The predicted octanol–water partition coefficient (Wildman–Crippen LogP) is 5.69. The Morgan fingerprint density at radius 2 is 1.69 bits per heavy atom. The van der Waals surface area contributed by atoms with Crippen molar-refractivity contribution in [2.45, 2.75) is 45.6 Å². The van der Waals surface area contributed by atoms with Gasteiger partial charge in [-0.25, -0.2) is 0 Å². The molecule has 0 spiro atoms. The number of likely N-dealkylation sites (tertiary alicyclic amines) is 1. The molecule has 1 aliphatic rings. The molecule has 0 aromatic heterocycles. The molecule has 2 aromatic carbocycles. The second-order valence-corrected chi connectivity index (χ2v) is 8.11. The number of benzene rings is 2. The van der Waals surface area contributed by atoms with Crippen molar-refractivity contribution in [2.75, 3.05) is 6.54 Å². The first-order chi connectivity index (χ1) is 13.8. The molecule has 1 heterocycles. The summed E-state index contributed by atoms with van der Waals surface area (Å²) in [5.41, 5.74) is 2.59. The van der Waals surface area contributed by atoms with E-state index >= 15 is 0 Å². The molecular formula is C24H26ClNO3. The lowest BCUT2D eigenvalue weighted by atomic mass is 9.93. The fourth-order valence-electron chi connectivity index (χ4n) is 3.61. The lowest BCUT2D eigenvalue weighted by Crippen LogP contribution is -2.30. The van der Waals surface area contributed by atoms with Gasteiger partial charge in [-0.3, -0.25) is 9.59 Å². The Morgan fingerprint density at radius 1 is 1.07 bits per heavy atom. The van der Waals surface area contributed by atoms with Gasteiger partial charge in [-0.2, -0.15) is 0 Å². The highest BCUT2D eigenvalue weighted by molar-refractivity contribution is 6.46. The van der Waals surface area contributed by atoms with E-state index in [0.717, 1.165) is 18.4 Å². The Morgan fingerprint density at radius 3 is 2.24 bits per heavy atom. The molecule has 0 bridgehead atoms. The van der Waals surface area contributed by atoms with Crippen LogP contribution in [0.5, 0.6) is 0 Å². The molecule has 29 heavy (non-hydrogen) atoms. The summed E-state index contributed by atoms with van der Waals surface area (Å²) in [5, 5.41) is 11.5. The molecular weight excluding hydrogens is 386 g/mol. The van der Waals surface area contributed by atoms with Crippen molar-refractivity contribution in [1.29, 1.82) is 0 Å². The molecule has 4 nitrogen and oxygen atoms in total. The van der Waals surface area contributed by atoms with E-state index in [1.165, 1.54) is 5.56 Å². The fourth-order valence-corrected chi connectivity index (χ4v) is 3.74. The minimum Gasteiger partial charge on any atom is -0.507 e. The SMILES string of the molecule is CCCCN1C(=O)C(=O)/C(=C(\O)c2ccc(Cl)cc2)C1c1ccc(C(C)C)cc1. The van der Waals surface area contributed by atoms with Crippen LogP contribution in [0.2, 0.25) is 5.02 Å². The van der Waals surface area contributed by atoms with E-state index in [-0.39, 0.29) is 11.3 Å². The number of rotatable bonds is 6. The van der Waals surface area contributed by atoms with Gasteiger partial charge in [-0.1, -0.05) is 63.1 Å². The summed E-state index contributed by atoms with van der Waals surface area (Å²) in [4.78, 5) is 27.2. The summed E-state index contributed by atoms with van der Waals surface area (Å²) < 4.78 is 0. The van der Waals surface area contributed by atoms with Gasteiger partial charge in [-0.15, -0.1) is 0 Å². The highest BCUT2D eigenvalue weighted by atomic mass is 35.5. The van der Waals surface area contributed by atoms with E-state index in [1.54, 1.807) is 29.2 Å². The number of nitrogens with zero attached hydrogens (tertiary/aromatic N) is 1. The number of amides is 1. The average molecular weight is 412 g/mol. The van der Waals surface area contributed by atoms with Crippen LogP contribution in [0.1, 0.15) is 62.3 Å². The topological polar surface area (TPSA) is 57.6 Å². The molecule has 1 aliphatic heterocycles. The number of Topliss-reactive ketones (excluding diaryl/α,β-unsaturated/α-hetero) is 1. The number of hydrogen-bond acceptors (Lipinski definition) is 3. The van der Waals surface area contributed by atoms with Crippen LogP contribution in [0.4, 0.5) is 0 Å². The molecule has 2 aromatic rings. The average Bonchev–Trinajstić information content (AvgIpc) is 2.97. The van der Waals surface area contributed by atoms with Crippen molar-refractivity contribution < 1.29 is 14.7 Å². The number of aliphatic hydroxyl groups excluding tert-OH is 1. The summed E-state index contributed by atoms with van der Waals surface area (Å²) in [6, 6.07) is 13.9. The molecule has 0 aliphatic carbocycles. The van der Waals surface area contributed by atoms with Gasteiger partial charge in [0.05, 0.1) is 11.6 Å². The number of unbranched alkanes of at least 4 members (excludes halogenated alkanes) is 1. The minimum atomic E-state index is -0.647. The number of carbonyl (C=O) groups is 2. The maximum atomic E-state index is 12.9. The van der Waals surface area contributed by atoms with E-state index in [2.05, 4.69) is 13.8 Å². The molecule has 1 atom stereocenters. The Bertz CT molecular complexity index is 930. The second-order valence-electron chi connectivity index (χ2n) is 7.67. The van der Waals surface area contributed by atoms with Crippen molar-refractivity contribution in [3.63, 3.8) is 0 Å². The largest absolute Gasteiger partial charge is 0.507 e. The second kappa shape index (κ2) is 8.83. The predicted molar refractivity (Wildman–Crippen MR) is 116 cm³/mol. The molecule has 0 saturated carbocycles. The van der Waals surface area contributed by atoms with Crippen LogP contribution in [0.15, 0.2) is 54.1 Å². The smallest absolute Gasteiger partial charge is 0.295 e. The molecule has 1 N–H and O–H groups in total. The number of carbonyl (C=O) groups excluding carboxylic acids is 2. The van der Waals surface area contributed by atoms with Crippen molar-refractivity contribution in [2.24, 2.45) is 0 Å². The molecule has 1 saturated heterocycles. The maximum Gasteiger partial charge on any atom is 0.295 e. The van der Waals surface area contributed by atoms with E-state index in [9.17, 15) is 14.7 Å². The Balaban J connectivity index is 2.13. The molecule has 1 unspecified atom stereocenters. The Labute approximate surface area is 176 Å². The van der Waals surface area contributed by atoms with Gasteiger partial charge in [0, 0.05) is 17.1 Å². The van der Waals surface area contributed by atoms with Crippen LogP contribution in [-0.2, 0) is 9.59 Å². The van der Waals surface area contributed by atoms with Gasteiger partial charge in [0.15, 0.2) is 0 Å². The lowest BCUT2D eigenvalue weighted by molar-refractivity contribution is -0.139. The highest BCUT2D eigenvalue weighted by Crippen LogP contribution is 2.40. The fraction of sp³-hybridized carbons (Fsp3) is 0.333. The van der Waals surface area contributed by atoms with Crippen LogP contribution < -0.4 is 0 Å². The van der Waals surface area contributed by atoms with Crippen LogP contribution in [0, 0.1) is 0 Å². The molecule has 152 valence electrons. The van der Waals surface area contributed by atoms with Crippen molar-refractivity contribution in [3.8, 4) is 0 Å². The minimum absolute atomic E-state index is 0.130. The van der Waals surface area contributed by atoms with Gasteiger partial charge in [0.2, 0.25) is 0 Å². The molecule has 1 amide bonds. The first-order valence-electron chi connectivity index (χ1n) is 9.99. The summed E-state index contributed by atoms with van der Waals surface area (Å²) in [6.45, 7) is 6.73. The lowest BCUT2D eigenvalue weighted by Gasteiger charge is -2.25.